The highest BCUT2D eigenvalue weighted by Gasteiger charge is 2.45. The number of hydrogen-bond acceptors (Lipinski definition) is 6. The van der Waals surface area contributed by atoms with E-state index in [9.17, 15) is 26.2 Å². The molecule has 2 aromatic rings. The molecule has 0 radical (unpaired) electrons. The average Bonchev–Trinajstić information content (AvgIpc) is 3.17. The maximum absolute atomic E-state index is 13.0. The van der Waals surface area contributed by atoms with Gasteiger partial charge in [0.15, 0.2) is 0 Å². The van der Waals surface area contributed by atoms with Gasteiger partial charge >= 0.3 is 0 Å². The number of halogens is 1. The molecule has 0 unspecified atom stereocenters. The monoisotopic (exact) mass is 529 g/mol. The minimum atomic E-state index is -4.60. The molecule has 1 heterocycles. The van der Waals surface area contributed by atoms with Gasteiger partial charge in [-0.3, -0.25) is 4.79 Å². The molecular formula is C22H28ClN3O6S2. The van der Waals surface area contributed by atoms with Crippen molar-refractivity contribution in [2.45, 2.75) is 29.7 Å². The van der Waals surface area contributed by atoms with E-state index in [1.165, 1.54) is 12.1 Å². The number of amides is 1. The van der Waals surface area contributed by atoms with Crippen molar-refractivity contribution in [2.24, 2.45) is 5.14 Å². The van der Waals surface area contributed by atoms with Gasteiger partial charge in [-0.2, -0.15) is 0 Å². The van der Waals surface area contributed by atoms with Gasteiger partial charge in [-0.05, 0) is 23.3 Å². The van der Waals surface area contributed by atoms with Crippen molar-refractivity contribution in [3.63, 3.8) is 0 Å². The zero-order valence-electron chi connectivity index (χ0n) is 18.7. The molecule has 34 heavy (non-hydrogen) atoms. The van der Waals surface area contributed by atoms with Crippen LogP contribution >= 0.6 is 11.6 Å². The second-order valence-corrected chi connectivity index (χ2v) is 12.4. The van der Waals surface area contributed by atoms with E-state index in [0.29, 0.717) is 22.2 Å². The lowest BCUT2D eigenvalue weighted by Crippen LogP contribution is -2.59. The Balaban J connectivity index is 2.22. The molecule has 12 heteroatoms. The summed E-state index contributed by atoms with van der Waals surface area (Å²) < 4.78 is 58.4. The normalized spacial score (nSPS) is 17.8. The zero-order valence-corrected chi connectivity index (χ0v) is 21.1. The molecule has 0 spiro atoms. The quantitative estimate of drug-likeness (QED) is 0.372. The van der Waals surface area contributed by atoms with Crippen LogP contribution in [-0.4, -0.2) is 64.2 Å². The number of nitrogens with zero attached hydrogens (tertiary/aromatic N) is 1. The van der Waals surface area contributed by atoms with Crippen molar-refractivity contribution in [3.05, 3.63) is 64.7 Å². The molecule has 1 aliphatic rings. The van der Waals surface area contributed by atoms with Crippen molar-refractivity contribution in [1.82, 2.24) is 5.32 Å². The van der Waals surface area contributed by atoms with Gasteiger partial charge in [0.1, 0.15) is 17.0 Å². The average molecular weight is 530 g/mol. The third-order valence-electron chi connectivity index (χ3n) is 6.19. The molecule has 1 fully saturated rings. The number of likely N-dealkylation sites (N-methyl/N-ethyl adjacent to an activating group) is 1. The van der Waals surface area contributed by atoms with E-state index >= 15 is 0 Å². The van der Waals surface area contributed by atoms with Gasteiger partial charge in [0.25, 0.3) is 0 Å². The number of hydrogen-bond donors (Lipinski definition) is 2. The Morgan fingerprint density at radius 2 is 1.71 bits per heavy atom. The maximum atomic E-state index is 13.0. The third kappa shape index (κ3) is 6.35. The summed E-state index contributed by atoms with van der Waals surface area (Å²) in [6, 6.07) is 13.4. The molecule has 3 N–H and O–H groups in total. The van der Waals surface area contributed by atoms with Gasteiger partial charge < -0.3 is 14.4 Å². The number of rotatable bonds is 9. The molecule has 1 amide bonds. The van der Waals surface area contributed by atoms with Gasteiger partial charge in [-0.25, -0.2) is 22.0 Å². The Morgan fingerprint density at radius 3 is 2.26 bits per heavy atom. The SMILES string of the molecule is C[N+]1(C[C@](NC(=O)CCS(=O)(=O)[O-])(c2ccccc2)c2ccc(Cl)c(S(N)(=O)=O)c2)CCCC1. The van der Waals surface area contributed by atoms with Gasteiger partial charge in [-0.15, -0.1) is 0 Å². The molecule has 0 aromatic heterocycles. The first kappa shape index (κ1) is 26.6. The fraction of sp³-hybridized carbons (Fsp3) is 0.409. The van der Waals surface area contributed by atoms with Crippen LogP contribution in [0.5, 0.6) is 0 Å². The molecule has 9 nitrogen and oxygen atoms in total. The first-order valence-corrected chi connectivity index (χ1v) is 14.2. The van der Waals surface area contributed by atoms with Crippen LogP contribution in [0.15, 0.2) is 53.4 Å². The molecule has 2 aromatic carbocycles. The highest BCUT2D eigenvalue weighted by molar-refractivity contribution is 7.89. The van der Waals surface area contributed by atoms with Crippen LogP contribution in [0, 0.1) is 0 Å². The highest BCUT2D eigenvalue weighted by atomic mass is 35.5. The summed E-state index contributed by atoms with van der Waals surface area (Å²) in [6.45, 7) is 2.04. The standard InChI is InChI=1S/C22H28ClN3O6S2/c1-26(12-5-6-13-26)16-22(17-7-3-2-4-8-17,25-21(27)11-14-33(28,29)30)18-9-10-19(23)20(15-18)34(24,31)32/h2-4,7-10,15H,5-6,11-14,16H2,1H3,(H3-,24,25,27,28,29,30,31,32)/t22-/m0/s1. The van der Waals surface area contributed by atoms with E-state index in [-0.39, 0.29) is 9.92 Å². The number of carbonyl (C=O) groups is 1. The van der Waals surface area contributed by atoms with Gasteiger partial charge in [0.05, 0.1) is 35.3 Å². The summed E-state index contributed by atoms with van der Waals surface area (Å²) >= 11 is 6.13. The van der Waals surface area contributed by atoms with Crippen molar-refractivity contribution in [1.29, 1.82) is 0 Å². The summed E-state index contributed by atoms with van der Waals surface area (Å²) in [5, 5.41) is 8.28. The van der Waals surface area contributed by atoms with Crippen LogP contribution in [-0.2, 0) is 30.5 Å². The lowest BCUT2D eigenvalue weighted by atomic mass is 9.81. The van der Waals surface area contributed by atoms with Crippen LogP contribution in [0.4, 0.5) is 0 Å². The van der Waals surface area contributed by atoms with E-state index in [1.807, 2.05) is 6.07 Å². The number of benzene rings is 2. The summed E-state index contributed by atoms with van der Waals surface area (Å²) in [7, 11) is -6.72. The van der Waals surface area contributed by atoms with E-state index in [1.54, 1.807) is 30.3 Å². The highest BCUT2D eigenvalue weighted by Crippen LogP contribution is 2.37. The fourth-order valence-corrected chi connectivity index (χ4v) is 6.10. The number of likely N-dealkylation sites (tertiary alicyclic amines) is 1. The Hall–Kier alpha value is -2.02. The van der Waals surface area contributed by atoms with E-state index in [4.69, 9.17) is 16.7 Å². The fourth-order valence-electron chi connectivity index (χ4n) is 4.59. The molecule has 1 atom stereocenters. The summed E-state index contributed by atoms with van der Waals surface area (Å²) in [6.07, 6.45) is 1.46. The predicted octanol–water partition coefficient (Wildman–Crippen LogP) is 1.52. The largest absolute Gasteiger partial charge is 0.748 e. The van der Waals surface area contributed by atoms with Crippen molar-refractivity contribution in [2.75, 3.05) is 32.4 Å². The lowest BCUT2D eigenvalue weighted by molar-refractivity contribution is -0.901. The third-order valence-corrected chi connectivity index (χ3v) is 8.29. The van der Waals surface area contributed by atoms with Crippen molar-refractivity contribution < 1.29 is 30.7 Å². The lowest BCUT2D eigenvalue weighted by Gasteiger charge is -2.43. The second kappa shape index (κ2) is 9.92. The smallest absolute Gasteiger partial charge is 0.239 e. The second-order valence-electron chi connectivity index (χ2n) is 8.95. The number of quaternary nitrogens is 1. The van der Waals surface area contributed by atoms with Crippen LogP contribution in [0.2, 0.25) is 5.02 Å². The van der Waals surface area contributed by atoms with Crippen LogP contribution in [0.1, 0.15) is 30.4 Å². The molecule has 3 rings (SSSR count). The summed E-state index contributed by atoms with van der Waals surface area (Å²) in [5.41, 5.74) is -0.146. The van der Waals surface area contributed by atoms with Gasteiger partial charge in [0, 0.05) is 25.0 Å². The Labute approximate surface area is 205 Å². The Kier molecular flexibility index (Phi) is 7.76. The van der Waals surface area contributed by atoms with Crippen LogP contribution in [0.25, 0.3) is 0 Å². The number of primary sulfonamides is 1. The molecule has 1 saturated heterocycles. The summed E-state index contributed by atoms with van der Waals surface area (Å²) in [4.78, 5) is 12.7. The predicted molar refractivity (Wildman–Crippen MR) is 127 cm³/mol. The van der Waals surface area contributed by atoms with Crippen LogP contribution in [0.3, 0.4) is 0 Å². The first-order valence-electron chi connectivity index (χ1n) is 10.7. The minimum absolute atomic E-state index is 0.0569. The first-order chi connectivity index (χ1) is 15.7. The zero-order chi connectivity index (χ0) is 25.2. The number of nitrogens with two attached hydrogens (primary N) is 1. The number of sulfonamides is 1. The van der Waals surface area contributed by atoms with E-state index in [2.05, 4.69) is 12.4 Å². The summed E-state index contributed by atoms with van der Waals surface area (Å²) in [5.74, 6) is -1.50. The molecule has 0 aliphatic carbocycles. The molecule has 0 saturated carbocycles. The molecular weight excluding hydrogens is 502 g/mol. The van der Waals surface area contributed by atoms with Gasteiger partial charge in [-0.1, -0.05) is 48.0 Å². The van der Waals surface area contributed by atoms with Crippen molar-refractivity contribution >= 4 is 37.6 Å². The number of nitrogens with one attached hydrogen (secondary N) is 1. The molecule has 0 bridgehead atoms. The number of carbonyl (C=O) groups excluding carboxylic acids is 1. The Bertz CT molecular complexity index is 1260. The van der Waals surface area contributed by atoms with E-state index < -0.39 is 43.8 Å². The van der Waals surface area contributed by atoms with E-state index in [0.717, 1.165) is 25.9 Å². The minimum Gasteiger partial charge on any atom is -0.748 e. The van der Waals surface area contributed by atoms with Gasteiger partial charge in [0.2, 0.25) is 15.9 Å². The maximum Gasteiger partial charge on any atom is 0.239 e. The molecule has 186 valence electrons. The van der Waals surface area contributed by atoms with Crippen LogP contribution < -0.4 is 10.5 Å². The molecule has 1 aliphatic heterocycles. The Morgan fingerprint density at radius 1 is 1.09 bits per heavy atom. The topological polar surface area (TPSA) is 146 Å². The van der Waals surface area contributed by atoms with Crippen molar-refractivity contribution in [3.8, 4) is 0 Å².